The molecular formula is C41H65FN7O9P. The number of anilines is 2. The predicted molar refractivity (Wildman–Crippen MR) is 224 cm³/mol. The number of fused-ring (bicyclic) bond motifs is 1. The normalized spacial score (nSPS) is 20.6. The van der Waals surface area contributed by atoms with Crippen molar-refractivity contribution in [2.45, 2.75) is 161 Å². The van der Waals surface area contributed by atoms with Crippen LogP contribution in [0.1, 0.15) is 131 Å². The number of hydrogen-bond donors (Lipinski definition) is 3. The summed E-state index contributed by atoms with van der Waals surface area (Å²) >= 11 is 0. The summed E-state index contributed by atoms with van der Waals surface area (Å²) in [6.45, 7) is 7.69. The average molecular weight is 850 g/mol. The van der Waals surface area contributed by atoms with E-state index in [4.69, 9.17) is 33.7 Å². The van der Waals surface area contributed by atoms with Gasteiger partial charge < -0.3 is 34.5 Å². The number of hydrogen-bond acceptors (Lipinski definition) is 14. The number of imidazole rings is 1. The van der Waals surface area contributed by atoms with E-state index < -0.39 is 62.7 Å². The Hall–Kier alpha value is -4.05. The molecule has 0 amide bonds. The van der Waals surface area contributed by atoms with Crippen molar-refractivity contribution in [2.75, 3.05) is 31.3 Å². The number of nitrogens with two attached hydrogens (primary N) is 1. The van der Waals surface area contributed by atoms with Gasteiger partial charge in [0, 0.05) is 7.05 Å². The standard InChI is InChI=1S/C41H65FN7O9P/c1-7-8-9-10-11-12-13-14-15-16-17-18-19-23-26-53-40(51)57-34-32(56-38(41(34,5)42)49-28-45-33-35(44-6)46-39(43)47-36(33)49)27-54-59(52,58-31-24-21-20-22-25-31)48-30(4)37(50)55-29(2)3/h20-22,24-25,28-30,32,34,38H,7-19,23,26-27H2,1-6H3,(H,48,52)(H3,43,44,46,47)/t30-,32+,34+,38+,41+,59?/m0/s1. The van der Waals surface area contributed by atoms with Gasteiger partial charge in [0.25, 0.3) is 0 Å². The summed E-state index contributed by atoms with van der Waals surface area (Å²) in [4.78, 5) is 38.6. The van der Waals surface area contributed by atoms with E-state index in [1.807, 2.05) is 0 Å². The van der Waals surface area contributed by atoms with Gasteiger partial charge in [-0.15, -0.1) is 0 Å². The Morgan fingerprint density at radius 3 is 2.17 bits per heavy atom. The molecule has 0 radical (unpaired) electrons. The summed E-state index contributed by atoms with van der Waals surface area (Å²) in [6.07, 6.45) is 11.8. The lowest BCUT2D eigenvalue weighted by Crippen LogP contribution is -2.44. The zero-order chi connectivity index (χ0) is 42.8. The van der Waals surface area contributed by atoms with Crippen LogP contribution in [0.3, 0.4) is 0 Å². The fourth-order valence-electron chi connectivity index (χ4n) is 6.90. The van der Waals surface area contributed by atoms with Crippen LogP contribution in [0.4, 0.5) is 21.0 Å². The fourth-order valence-corrected chi connectivity index (χ4v) is 8.41. The number of benzene rings is 1. The molecule has 3 heterocycles. The number of halogens is 1. The molecule has 1 aliphatic heterocycles. The number of alkyl halides is 1. The highest BCUT2D eigenvalue weighted by Gasteiger charge is 2.59. The first-order valence-corrected chi connectivity index (χ1v) is 22.6. The predicted octanol–water partition coefficient (Wildman–Crippen LogP) is 9.21. The minimum absolute atomic E-state index is 0.0849. The molecule has 3 aromatic rings. The van der Waals surface area contributed by atoms with Gasteiger partial charge in [-0.1, -0.05) is 109 Å². The van der Waals surface area contributed by atoms with Crippen LogP contribution in [-0.4, -0.2) is 81.9 Å². The van der Waals surface area contributed by atoms with Crippen molar-refractivity contribution in [3.63, 3.8) is 0 Å². The highest BCUT2D eigenvalue weighted by molar-refractivity contribution is 7.52. The molecule has 0 bridgehead atoms. The topological polar surface area (TPSA) is 200 Å². The van der Waals surface area contributed by atoms with Gasteiger partial charge in [-0.05, 0) is 46.2 Å². The van der Waals surface area contributed by atoms with Gasteiger partial charge in [-0.25, -0.2) is 18.7 Å². The highest BCUT2D eigenvalue weighted by atomic mass is 31.2. The second-order valence-electron chi connectivity index (χ2n) is 15.4. The van der Waals surface area contributed by atoms with E-state index in [0.717, 1.165) is 19.3 Å². The Morgan fingerprint density at radius 2 is 1.58 bits per heavy atom. The van der Waals surface area contributed by atoms with Gasteiger partial charge >= 0.3 is 19.9 Å². The Morgan fingerprint density at radius 1 is 0.966 bits per heavy atom. The van der Waals surface area contributed by atoms with Crippen molar-refractivity contribution >= 4 is 42.8 Å². The summed E-state index contributed by atoms with van der Waals surface area (Å²) < 4.78 is 67.0. The maximum atomic E-state index is 17.2. The fraction of sp³-hybridized carbons (Fsp3) is 0.683. The first-order valence-electron chi connectivity index (χ1n) is 21.1. The monoisotopic (exact) mass is 849 g/mol. The summed E-state index contributed by atoms with van der Waals surface area (Å²) in [5, 5.41) is 5.49. The number of aromatic nitrogens is 4. The van der Waals surface area contributed by atoms with Crippen molar-refractivity contribution < 1.29 is 46.5 Å². The lowest BCUT2D eigenvalue weighted by Gasteiger charge is -2.28. The minimum atomic E-state index is -4.42. The maximum Gasteiger partial charge on any atom is 0.508 e. The van der Waals surface area contributed by atoms with Crippen LogP contribution in [0.5, 0.6) is 5.75 Å². The van der Waals surface area contributed by atoms with Crippen LogP contribution >= 0.6 is 7.75 Å². The molecule has 330 valence electrons. The highest BCUT2D eigenvalue weighted by Crippen LogP contribution is 2.49. The Labute approximate surface area is 347 Å². The summed E-state index contributed by atoms with van der Waals surface area (Å²) in [7, 11) is -2.80. The molecule has 0 saturated carbocycles. The number of esters is 1. The second-order valence-corrected chi connectivity index (χ2v) is 17.1. The van der Waals surface area contributed by atoms with E-state index in [9.17, 15) is 14.2 Å². The third-order valence-corrected chi connectivity index (χ3v) is 11.6. The maximum absolute atomic E-state index is 17.2. The van der Waals surface area contributed by atoms with Crippen LogP contribution < -0.4 is 20.7 Å². The number of nitrogens with one attached hydrogen (secondary N) is 2. The lowest BCUT2D eigenvalue weighted by atomic mass is 9.98. The third kappa shape index (κ3) is 14.6. The first kappa shape index (κ1) is 47.6. The molecule has 2 aromatic heterocycles. The Kier molecular flexibility index (Phi) is 19.1. The first-order chi connectivity index (χ1) is 28.3. The van der Waals surface area contributed by atoms with Gasteiger partial charge in [0.15, 0.2) is 35.0 Å². The number of nitrogen functional groups attached to an aromatic ring is 1. The van der Waals surface area contributed by atoms with Gasteiger partial charge in [-0.2, -0.15) is 15.1 Å². The molecule has 1 unspecified atom stereocenters. The van der Waals surface area contributed by atoms with Crippen molar-refractivity contribution in [1.29, 1.82) is 0 Å². The zero-order valence-electron chi connectivity index (χ0n) is 35.5. The minimum Gasteiger partial charge on any atom is -0.462 e. The third-order valence-electron chi connectivity index (χ3n) is 9.98. The quantitative estimate of drug-likeness (QED) is 0.0372. The number of unbranched alkanes of at least 4 members (excludes halogenated alkanes) is 13. The number of nitrogens with zero attached hydrogens (tertiary/aromatic N) is 4. The Balaban J connectivity index is 1.41. The van der Waals surface area contributed by atoms with Crippen LogP contribution in [-0.2, 0) is 32.8 Å². The number of rotatable bonds is 27. The van der Waals surface area contributed by atoms with Crippen LogP contribution in [0, 0.1) is 0 Å². The van der Waals surface area contributed by atoms with Crippen LogP contribution in [0.2, 0.25) is 0 Å². The molecular weight excluding hydrogens is 784 g/mol. The number of carbonyl (C=O) groups is 2. The van der Waals surface area contributed by atoms with Crippen molar-refractivity contribution in [3.05, 3.63) is 36.7 Å². The zero-order valence-corrected chi connectivity index (χ0v) is 36.4. The molecule has 59 heavy (non-hydrogen) atoms. The average Bonchev–Trinajstić information content (AvgIpc) is 3.71. The van der Waals surface area contributed by atoms with Crippen molar-refractivity contribution in [2.24, 2.45) is 0 Å². The van der Waals surface area contributed by atoms with E-state index >= 15 is 4.39 Å². The largest absolute Gasteiger partial charge is 0.508 e. The molecule has 1 aromatic carbocycles. The van der Waals surface area contributed by atoms with Gasteiger partial charge in [0.1, 0.15) is 17.9 Å². The van der Waals surface area contributed by atoms with Gasteiger partial charge in [-0.3, -0.25) is 13.9 Å². The van der Waals surface area contributed by atoms with E-state index in [-0.39, 0.29) is 29.5 Å². The number of ether oxygens (including phenoxy) is 4. The molecule has 1 aliphatic rings. The Bertz CT molecular complexity index is 1780. The molecule has 18 heteroatoms. The van der Waals surface area contributed by atoms with E-state index in [1.165, 1.54) is 89.0 Å². The van der Waals surface area contributed by atoms with Crippen LogP contribution in [0.25, 0.3) is 11.2 Å². The lowest BCUT2D eigenvalue weighted by molar-refractivity contribution is -0.149. The SMILES string of the molecule is CCCCCCCCCCCCCCCCOC(=O)O[C@@H]1[C@@H](COP(=O)(N[C@@H](C)C(=O)OC(C)C)Oc2ccccc2)O[C@@H](n2cnc3c(NC)nc(N)nc32)[C@]1(C)F. The second kappa shape index (κ2) is 23.7. The van der Waals surface area contributed by atoms with Gasteiger partial charge in [0.2, 0.25) is 5.95 Å². The van der Waals surface area contributed by atoms with E-state index in [0.29, 0.717) is 12.2 Å². The summed E-state index contributed by atoms with van der Waals surface area (Å²) in [5.41, 5.74) is 3.94. The number of para-hydroxylation sites is 1. The summed E-state index contributed by atoms with van der Waals surface area (Å²) in [6, 6.07) is 7.01. The van der Waals surface area contributed by atoms with E-state index in [1.54, 1.807) is 51.2 Å². The van der Waals surface area contributed by atoms with E-state index in [2.05, 4.69) is 32.3 Å². The molecule has 4 N–H and O–H groups in total. The van der Waals surface area contributed by atoms with Gasteiger partial charge in [0.05, 0.1) is 25.6 Å². The molecule has 0 aliphatic carbocycles. The molecule has 6 atom stereocenters. The molecule has 0 spiro atoms. The smallest absolute Gasteiger partial charge is 0.462 e. The summed E-state index contributed by atoms with van der Waals surface area (Å²) in [5.74, 6) is -0.335. The molecule has 4 rings (SSSR count). The van der Waals surface area contributed by atoms with Crippen LogP contribution in [0.15, 0.2) is 36.7 Å². The molecule has 1 saturated heterocycles. The molecule has 16 nitrogen and oxygen atoms in total. The number of carbonyl (C=O) groups excluding carboxylic acids is 2. The molecule has 1 fully saturated rings. The van der Waals surface area contributed by atoms with Crippen molar-refractivity contribution in [3.8, 4) is 5.75 Å². The van der Waals surface area contributed by atoms with Crippen molar-refractivity contribution in [1.82, 2.24) is 24.6 Å².